The Bertz CT molecular complexity index is 493. The molecule has 0 aliphatic heterocycles. The molecule has 0 fully saturated rings. The monoisotopic (exact) mass is 519 g/mol. The van der Waals surface area contributed by atoms with Gasteiger partial charge in [0.15, 0.2) is 0 Å². The number of ether oxygens (including phenoxy) is 1. The molecule has 0 spiro atoms. The van der Waals surface area contributed by atoms with Crippen LogP contribution in [0.4, 0.5) is 0 Å². The molecule has 0 aromatic rings. The van der Waals surface area contributed by atoms with Crippen molar-refractivity contribution in [2.24, 2.45) is 0 Å². The van der Waals surface area contributed by atoms with E-state index in [-0.39, 0.29) is 5.97 Å². The molecule has 218 valence electrons. The van der Waals surface area contributed by atoms with Crippen LogP contribution in [-0.2, 0) is 9.53 Å². The van der Waals surface area contributed by atoms with E-state index in [1.165, 1.54) is 168 Å². The standard InChI is InChI=1S/C35H66O2/c1-3-4-5-6-7-8-9-10-11-12-13-14-15-16-17-18-19-20-21-22-23-24-25-26-27-28-29-30-31-32-33-34-35(36)37-2/h7-8,10-11H,3-6,9,12-34H2,1-2H3/b8-7-,11-10-. The Morgan fingerprint density at radius 1 is 0.459 bits per heavy atom. The summed E-state index contributed by atoms with van der Waals surface area (Å²) in [6.45, 7) is 2.27. The molecule has 0 unspecified atom stereocenters. The van der Waals surface area contributed by atoms with E-state index in [9.17, 15) is 4.79 Å². The summed E-state index contributed by atoms with van der Waals surface area (Å²) in [4.78, 5) is 11.0. The van der Waals surface area contributed by atoms with Gasteiger partial charge in [0.2, 0.25) is 0 Å². The maximum atomic E-state index is 11.0. The lowest BCUT2D eigenvalue weighted by atomic mass is 10.0. The highest BCUT2D eigenvalue weighted by molar-refractivity contribution is 5.68. The minimum absolute atomic E-state index is 0.0626. The molecule has 0 rings (SSSR count). The van der Waals surface area contributed by atoms with Crippen LogP contribution in [0.5, 0.6) is 0 Å². The van der Waals surface area contributed by atoms with E-state index >= 15 is 0 Å². The second kappa shape index (κ2) is 33.0. The second-order valence-corrected chi connectivity index (χ2v) is 11.2. The van der Waals surface area contributed by atoms with Gasteiger partial charge in [-0.15, -0.1) is 0 Å². The molecule has 0 amide bonds. The van der Waals surface area contributed by atoms with Crippen molar-refractivity contribution in [3.63, 3.8) is 0 Å². The zero-order chi connectivity index (χ0) is 26.9. The molecule has 0 saturated heterocycles. The van der Waals surface area contributed by atoms with Crippen LogP contribution in [0, 0.1) is 0 Å². The largest absolute Gasteiger partial charge is 0.469 e. The summed E-state index contributed by atoms with van der Waals surface area (Å²) in [5, 5.41) is 0. The lowest BCUT2D eigenvalue weighted by molar-refractivity contribution is -0.140. The van der Waals surface area contributed by atoms with Crippen LogP contribution in [0.25, 0.3) is 0 Å². The molecular weight excluding hydrogens is 452 g/mol. The summed E-state index contributed by atoms with van der Waals surface area (Å²) in [5.74, 6) is -0.0626. The number of esters is 1. The van der Waals surface area contributed by atoms with Crippen molar-refractivity contribution in [2.45, 2.75) is 187 Å². The van der Waals surface area contributed by atoms with Gasteiger partial charge in [0.25, 0.3) is 0 Å². The zero-order valence-electron chi connectivity index (χ0n) is 25.4. The smallest absolute Gasteiger partial charge is 0.305 e. The highest BCUT2D eigenvalue weighted by Gasteiger charge is 1.99. The maximum Gasteiger partial charge on any atom is 0.305 e. The van der Waals surface area contributed by atoms with Crippen LogP contribution >= 0.6 is 0 Å². The molecule has 0 atom stereocenters. The minimum atomic E-state index is -0.0626. The van der Waals surface area contributed by atoms with Gasteiger partial charge in [0, 0.05) is 6.42 Å². The third-order valence-electron chi connectivity index (χ3n) is 7.56. The Morgan fingerprint density at radius 3 is 1.14 bits per heavy atom. The average molecular weight is 519 g/mol. The number of methoxy groups -OCH3 is 1. The van der Waals surface area contributed by atoms with E-state index in [2.05, 4.69) is 36.0 Å². The van der Waals surface area contributed by atoms with Gasteiger partial charge in [-0.2, -0.15) is 0 Å². The quantitative estimate of drug-likeness (QED) is 0.0537. The van der Waals surface area contributed by atoms with Crippen molar-refractivity contribution in [1.29, 1.82) is 0 Å². The van der Waals surface area contributed by atoms with Crippen LogP contribution in [-0.4, -0.2) is 13.1 Å². The molecule has 37 heavy (non-hydrogen) atoms. The van der Waals surface area contributed by atoms with Gasteiger partial charge in [-0.25, -0.2) is 0 Å². The molecule has 2 nitrogen and oxygen atoms in total. The molecule has 2 heteroatoms. The fourth-order valence-corrected chi connectivity index (χ4v) is 5.01. The van der Waals surface area contributed by atoms with E-state index in [0.29, 0.717) is 6.42 Å². The van der Waals surface area contributed by atoms with Crippen molar-refractivity contribution >= 4 is 5.97 Å². The number of hydrogen-bond acceptors (Lipinski definition) is 2. The summed E-state index contributed by atoms with van der Waals surface area (Å²) in [5.41, 5.74) is 0. The third kappa shape index (κ3) is 32.9. The molecule has 0 aromatic heterocycles. The molecular formula is C35H66O2. The van der Waals surface area contributed by atoms with Crippen molar-refractivity contribution in [3.8, 4) is 0 Å². The Morgan fingerprint density at radius 2 is 0.784 bits per heavy atom. The second-order valence-electron chi connectivity index (χ2n) is 11.2. The summed E-state index contributed by atoms with van der Waals surface area (Å²) in [6, 6.07) is 0. The first kappa shape index (κ1) is 35.9. The molecule has 0 bridgehead atoms. The van der Waals surface area contributed by atoms with Crippen molar-refractivity contribution in [2.75, 3.05) is 7.11 Å². The fraction of sp³-hybridized carbons (Fsp3) is 0.857. The van der Waals surface area contributed by atoms with Crippen LogP contribution in [0.2, 0.25) is 0 Å². The van der Waals surface area contributed by atoms with Gasteiger partial charge in [-0.05, 0) is 38.5 Å². The highest BCUT2D eigenvalue weighted by atomic mass is 16.5. The van der Waals surface area contributed by atoms with Gasteiger partial charge in [-0.3, -0.25) is 4.79 Å². The lowest BCUT2D eigenvalue weighted by Gasteiger charge is -2.04. The first-order valence-corrected chi connectivity index (χ1v) is 16.7. The highest BCUT2D eigenvalue weighted by Crippen LogP contribution is 2.15. The van der Waals surface area contributed by atoms with Gasteiger partial charge in [-0.1, -0.05) is 166 Å². The van der Waals surface area contributed by atoms with Gasteiger partial charge >= 0.3 is 5.97 Å². The molecule has 0 N–H and O–H groups in total. The van der Waals surface area contributed by atoms with E-state index in [0.717, 1.165) is 12.8 Å². The van der Waals surface area contributed by atoms with E-state index in [1.807, 2.05) is 0 Å². The molecule has 0 heterocycles. The van der Waals surface area contributed by atoms with Crippen molar-refractivity contribution < 1.29 is 9.53 Å². The number of carbonyl (C=O) groups is 1. The molecule has 0 saturated carbocycles. The number of allylic oxidation sites excluding steroid dienone is 4. The molecule has 0 aliphatic rings. The van der Waals surface area contributed by atoms with E-state index in [1.54, 1.807) is 0 Å². The molecule has 0 radical (unpaired) electrons. The summed E-state index contributed by atoms with van der Waals surface area (Å²) < 4.78 is 4.67. The van der Waals surface area contributed by atoms with Gasteiger partial charge in [0.1, 0.15) is 0 Å². The lowest BCUT2D eigenvalue weighted by Crippen LogP contribution is -1.99. The van der Waals surface area contributed by atoms with E-state index in [4.69, 9.17) is 0 Å². The summed E-state index contributed by atoms with van der Waals surface area (Å²) in [6.07, 6.45) is 46.8. The van der Waals surface area contributed by atoms with Gasteiger partial charge < -0.3 is 4.74 Å². The summed E-state index contributed by atoms with van der Waals surface area (Å²) >= 11 is 0. The Kier molecular flexibility index (Phi) is 32.0. The predicted molar refractivity (Wildman–Crippen MR) is 165 cm³/mol. The fourth-order valence-electron chi connectivity index (χ4n) is 5.01. The maximum absolute atomic E-state index is 11.0. The average Bonchev–Trinajstić information content (AvgIpc) is 2.91. The van der Waals surface area contributed by atoms with Crippen LogP contribution in [0.15, 0.2) is 24.3 Å². The Hall–Kier alpha value is -1.05. The van der Waals surface area contributed by atoms with Crippen LogP contribution in [0.1, 0.15) is 187 Å². The summed E-state index contributed by atoms with van der Waals surface area (Å²) in [7, 11) is 1.47. The topological polar surface area (TPSA) is 26.3 Å². The molecule has 0 aliphatic carbocycles. The van der Waals surface area contributed by atoms with E-state index < -0.39 is 0 Å². The minimum Gasteiger partial charge on any atom is -0.469 e. The normalized spacial score (nSPS) is 11.7. The Labute approximate surface area is 233 Å². The van der Waals surface area contributed by atoms with Crippen molar-refractivity contribution in [1.82, 2.24) is 0 Å². The number of rotatable bonds is 30. The molecule has 0 aromatic carbocycles. The van der Waals surface area contributed by atoms with Crippen LogP contribution in [0.3, 0.4) is 0 Å². The zero-order valence-corrected chi connectivity index (χ0v) is 25.4. The Balaban J connectivity index is 3.10. The first-order chi connectivity index (χ1) is 18.3. The van der Waals surface area contributed by atoms with Gasteiger partial charge in [0.05, 0.1) is 7.11 Å². The third-order valence-corrected chi connectivity index (χ3v) is 7.56. The number of carbonyl (C=O) groups excluding carboxylic acids is 1. The SMILES string of the molecule is CCCCC/C=C\C/C=C\CCCCCCCCCCCCCCCCCCCCCCCC(=O)OC. The first-order valence-electron chi connectivity index (χ1n) is 16.7. The number of hydrogen-bond donors (Lipinski definition) is 0. The predicted octanol–water partition coefficient (Wildman–Crippen LogP) is 12.2. The van der Waals surface area contributed by atoms with Crippen molar-refractivity contribution in [3.05, 3.63) is 24.3 Å². The van der Waals surface area contributed by atoms with Crippen LogP contribution < -0.4 is 0 Å². The number of unbranched alkanes of at least 4 members (excludes halogenated alkanes) is 24.